The highest BCUT2D eigenvalue weighted by molar-refractivity contribution is 8.18. The number of nitrogens with zero attached hydrogens (tertiary/aromatic N) is 2. The van der Waals surface area contributed by atoms with Gasteiger partial charge in [0, 0.05) is 6.07 Å². The van der Waals surface area contributed by atoms with Gasteiger partial charge in [0.05, 0.1) is 23.5 Å². The molecule has 1 aliphatic rings. The Balaban J connectivity index is 1.49. The van der Waals surface area contributed by atoms with E-state index in [0.717, 1.165) is 28.8 Å². The van der Waals surface area contributed by atoms with Crippen LogP contribution in [-0.4, -0.2) is 49.6 Å². The topological polar surface area (TPSA) is 142 Å². The minimum Gasteiger partial charge on any atom is -0.493 e. The van der Waals surface area contributed by atoms with Gasteiger partial charge in [0.25, 0.3) is 16.8 Å². The summed E-state index contributed by atoms with van der Waals surface area (Å²) in [6.07, 6.45) is 1.46. The van der Waals surface area contributed by atoms with E-state index in [1.165, 1.54) is 43.5 Å². The number of methoxy groups -OCH3 is 1. The fourth-order valence-corrected chi connectivity index (χ4v) is 5.41. The second kappa shape index (κ2) is 11.4. The van der Waals surface area contributed by atoms with E-state index >= 15 is 0 Å². The van der Waals surface area contributed by atoms with Crippen LogP contribution in [-0.2, 0) is 14.9 Å². The Kier molecular flexibility index (Phi) is 7.98. The van der Waals surface area contributed by atoms with Crippen LogP contribution < -0.4 is 13.7 Å². The van der Waals surface area contributed by atoms with Crippen LogP contribution >= 0.6 is 11.8 Å². The highest BCUT2D eigenvalue weighted by Gasteiger charge is 2.35. The van der Waals surface area contributed by atoms with Crippen LogP contribution in [0.5, 0.6) is 17.2 Å². The smallest absolute Gasteiger partial charge is 0.346 e. The second-order valence-corrected chi connectivity index (χ2v) is 10.2. The first kappa shape index (κ1) is 26.7. The van der Waals surface area contributed by atoms with E-state index in [1.54, 1.807) is 12.1 Å². The maximum atomic E-state index is 12.8. The summed E-state index contributed by atoms with van der Waals surface area (Å²) < 4.78 is 41.4. The van der Waals surface area contributed by atoms with E-state index in [2.05, 4.69) is 0 Å². The van der Waals surface area contributed by atoms with Crippen LogP contribution in [0.1, 0.15) is 5.56 Å². The first-order valence-electron chi connectivity index (χ1n) is 11.0. The number of para-hydroxylation sites is 2. The number of carbonyl (C=O) groups excluding carboxylic acids is 2. The van der Waals surface area contributed by atoms with Crippen molar-refractivity contribution in [2.24, 2.45) is 0 Å². The lowest BCUT2D eigenvalue weighted by atomic mass is 10.2. The zero-order valence-electron chi connectivity index (χ0n) is 19.8. The van der Waals surface area contributed by atoms with Gasteiger partial charge >= 0.3 is 10.1 Å². The Morgan fingerprint density at radius 1 is 1.00 bits per heavy atom. The Hall–Kier alpha value is -4.36. The second-order valence-electron chi connectivity index (χ2n) is 7.67. The molecule has 4 rings (SSSR count). The third kappa shape index (κ3) is 5.95. The number of imide groups is 1. The van der Waals surface area contributed by atoms with Crippen molar-refractivity contribution in [2.75, 3.05) is 20.3 Å². The number of nitro benzene ring substituents is 1. The quantitative estimate of drug-likeness (QED) is 0.152. The Bertz CT molecular complexity index is 1520. The summed E-state index contributed by atoms with van der Waals surface area (Å²) in [5, 5.41) is 10.8. The number of hydrogen-bond donors (Lipinski definition) is 0. The predicted octanol–water partition coefficient (Wildman–Crippen LogP) is 4.49. The molecule has 3 aromatic carbocycles. The van der Waals surface area contributed by atoms with Crippen molar-refractivity contribution in [1.29, 1.82) is 0 Å². The van der Waals surface area contributed by atoms with Gasteiger partial charge in [-0.05, 0) is 53.7 Å². The van der Waals surface area contributed by atoms with Crippen LogP contribution in [0.15, 0.2) is 82.6 Å². The average Bonchev–Trinajstić information content (AvgIpc) is 3.17. The third-order valence-corrected chi connectivity index (χ3v) is 7.41. The first-order valence-corrected chi connectivity index (χ1v) is 13.2. The van der Waals surface area contributed by atoms with Gasteiger partial charge in [0.15, 0.2) is 16.4 Å². The minimum absolute atomic E-state index is 0.00333. The predicted molar refractivity (Wildman–Crippen MR) is 139 cm³/mol. The normalized spacial score (nSPS) is 14.6. The number of hydrogen-bond acceptors (Lipinski definition) is 10. The van der Waals surface area contributed by atoms with Crippen molar-refractivity contribution in [3.63, 3.8) is 0 Å². The molecule has 38 heavy (non-hydrogen) atoms. The average molecular weight is 557 g/mol. The van der Waals surface area contributed by atoms with E-state index < -0.39 is 36.8 Å². The van der Waals surface area contributed by atoms with Gasteiger partial charge in [0.1, 0.15) is 12.4 Å². The van der Waals surface area contributed by atoms with Crippen molar-refractivity contribution < 1.29 is 36.6 Å². The SMILES string of the molecule is COc1cc(/C=C2\SC(=O)N(CCOc3ccccc3)C2=O)ccc1OS(=O)(=O)c1ccccc1[N+](=O)[O-]. The summed E-state index contributed by atoms with van der Waals surface area (Å²) in [6, 6.07) is 17.9. The number of nitro groups is 1. The van der Waals surface area contributed by atoms with Gasteiger partial charge in [-0.1, -0.05) is 36.4 Å². The molecular formula is C25H20N2O9S2. The van der Waals surface area contributed by atoms with Crippen molar-refractivity contribution in [2.45, 2.75) is 4.90 Å². The molecule has 0 radical (unpaired) electrons. The Morgan fingerprint density at radius 2 is 1.71 bits per heavy atom. The molecule has 0 saturated carbocycles. The molecule has 1 heterocycles. The maximum Gasteiger partial charge on any atom is 0.346 e. The van der Waals surface area contributed by atoms with E-state index in [4.69, 9.17) is 13.7 Å². The fraction of sp³-hybridized carbons (Fsp3) is 0.120. The van der Waals surface area contributed by atoms with Crippen molar-refractivity contribution in [1.82, 2.24) is 4.90 Å². The van der Waals surface area contributed by atoms with Gasteiger partial charge in [-0.15, -0.1) is 0 Å². The summed E-state index contributed by atoms with van der Waals surface area (Å²) in [7, 11) is -3.29. The largest absolute Gasteiger partial charge is 0.493 e. The molecule has 0 aliphatic carbocycles. The van der Waals surface area contributed by atoms with Crippen LogP contribution in [0.25, 0.3) is 6.08 Å². The molecule has 3 aromatic rings. The molecule has 11 nitrogen and oxygen atoms in total. The van der Waals surface area contributed by atoms with Gasteiger partial charge in [-0.25, -0.2) is 0 Å². The van der Waals surface area contributed by atoms with Crippen LogP contribution in [0.4, 0.5) is 10.5 Å². The van der Waals surface area contributed by atoms with Crippen LogP contribution in [0.3, 0.4) is 0 Å². The number of thioether (sulfide) groups is 1. The van der Waals surface area contributed by atoms with Crippen LogP contribution in [0.2, 0.25) is 0 Å². The lowest BCUT2D eigenvalue weighted by Crippen LogP contribution is -2.32. The lowest BCUT2D eigenvalue weighted by molar-refractivity contribution is -0.387. The van der Waals surface area contributed by atoms with Gasteiger partial charge in [-0.2, -0.15) is 8.42 Å². The van der Waals surface area contributed by atoms with E-state index in [9.17, 15) is 28.1 Å². The maximum absolute atomic E-state index is 12.8. The first-order chi connectivity index (χ1) is 18.2. The Labute approximate surface area is 221 Å². The number of benzene rings is 3. The molecule has 0 atom stereocenters. The molecule has 0 aromatic heterocycles. The third-order valence-electron chi connectivity index (χ3n) is 5.22. The summed E-state index contributed by atoms with van der Waals surface area (Å²) in [5.41, 5.74) is -0.198. The van der Waals surface area contributed by atoms with Crippen LogP contribution in [0, 0.1) is 10.1 Å². The molecular weight excluding hydrogens is 536 g/mol. The molecule has 0 unspecified atom stereocenters. The summed E-state index contributed by atoms with van der Waals surface area (Å²) in [4.78, 5) is 36.2. The minimum atomic E-state index is -4.57. The van der Waals surface area contributed by atoms with E-state index in [-0.39, 0.29) is 29.6 Å². The number of carbonyl (C=O) groups is 2. The highest BCUT2D eigenvalue weighted by Crippen LogP contribution is 2.36. The summed E-state index contributed by atoms with van der Waals surface area (Å²) in [6.45, 7) is 0.194. The van der Waals surface area contributed by atoms with Crippen molar-refractivity contribution in [3.05, 3.63) is 93.4 Å². The van der Waals surface area contributed by atoms with Crippen molar-refractivity contribution >= 4 is 44.8 Å². The number of ether oxygens (including phenoxy) is 2. The molecule has 13 heteroatoms. The zero-order valence-corrected chi connectivity index (χ0v) is 21.4. The number of rotatable bonds is 10. The molecule has 1 aliphatic heterocycles. The lowest BCUT2D eigenvalue weighted by Gasteiger charge is -2.13. The highest BCUT2D eigenvalue weighted by atomic mass is 32.2. The fourth-order valence-electron chi connectivity index (χ4n) is 3.44. The van der Waals surface area contributed by atoms with Crippen molar-refractivity contribution in [3.8, 4) is 17.2 Å². The van der Waals surface area contributed by atoms with E-state index in [1.807, 2.05) is 18.2 Å². The molecule has 0 N–H and O–H groups in total. The molecule has 0 spiro atoms. The number of amides is 2. The molecule has 196 valence electrons. The summed E-state index contributed by atoms with van der Waals surface area (Å²) >= 11 is 0.763. The molecule has 0 bridgehead atoms. The molecule has 1 fully saturated rings. The molecule has 2 amide bonds. The van der Waals surface area contributed by atoms with Gasteiger partial charge in [-0.3, -0.25) is 24.6 Å². The zero-order chi connectivity index (χ0) is 27.3. The standard InChI is InChI=1S/C25H20N2O9S2/c1-34-21-15-17(11-12-20(21)36-38(32,33)23-10-6-5-9-19(23)27(30)31)16-22-24(28)26(25(29)37-22)13-14-35-18-7-3-2-4-8-18/h2-12,15-16H,13-14H2,1H3/b22-16-. The molecule has 1 saturated heterocycles. The van der Waals surface area contributed by atoms with Gasteiger partial charge < -0.3 is 13.7 Å². The monoisotopic (exact) mass is 556 g/mol. The van der Waals surface area contributed by atoms with Gasteiger partial charge in [0.2, 0.25) is 0 Å². The Morgan fingerprint density at radius 3 is 2.42 bits per heavy atom. The summed E-state index contributed by atoms with van der Waals surface area (Å²) in [5.74, 6) is -0.0893. The van der Waals surface area contributed by atoms with E-state index in [0.29, 0.717) is 11.3 Å².